The summed E-state index contributed by atoms with van der Waals surface area (Å²) in [5.41, 5.74) is 0. The molecule has 28 nitrogen and oxygen atoms in total. The standard InChI is InChI=1S/2C16H24O14.Mg/c2*17-3-6-10(22)12(24)13(25)15(28-6)30-16(5-27-9(21)2-1-8(19)20)14(26)11(23)7(4-18)29-16;/h2*1-2,6-7,10-15,17-18,22-26H,3-5H2,(H,19,20);/q;;+2/p-2/b2*2-1-;/t2*6-,7-,10-,11-,12+,13-,14+,15-,16+;/m11./s1. The summed E-state index contributed by atoms with van der Waals surface area (Å²) in [7, 11) is 0. The van der Waals surface area contributed by atoms with Crippen LogP contribution in [0.2, 0.25) is 0 Å². The van der Waals surface area contributed by atoms with Gasteiger partial charge in [-0.05, 0) is 12.2 Å². The van der Waals surface area contributed by atoms with Gasteiger partial charge < -0.3 is 129 Å². The third-order valence-electron chi connectivity index (χ3n) is 9.24. The number of carbonyl (C=O) groups excluding carboxylic acids is 4. The number of aliphatic carboxylic acids is 2. The summed E-state index contributed by atoms with van der Waals surface area (Å²) in [4.78, 5) is 44.0. The van der Waals surface area contributed by atoms with Crippen LogP contribution >= 0.6 is 0 Å². The summed E-state index contributed by atoms with van der Waals surface area (Å²) in [6.07, 6.45) is -26.0. The predicted molar refractivity (Wildman–Crippen MR) is 179 cm³/mol. The number of carbonyl (C=O) groups is 4. The maximum Gasteiger partial charge on any atom is 2.00 e. The molecule has 61 heavy (non-hydrogen) atoms. The van der Waals surface area contributed by atoms with Crippen LogP contribution in [0.15, 0.2) is 24.3 Å². The van der Waals surface area contributed by atoms with Gasteiger partial charge in [-0.2, -0.15) is 0 Å². The second kappa shape index (κ2) is 23.8. The predicted octanol–water partition coefficient (Wildman–Crippen LogP) is -13.5. The number of carboxylic acids is 2. The Morgan fingerprint density at radius 3 is 1.05 bits per heavy atom. The Bertz CT molecular complexity index is 1390. The Morgan fingerprint density at radius 1 is 0.475 bits per heavy atom. The maximum atomic E-state index is 11.6. The second-order valence-electron chi connectivity index (χ2n) is 13.3. The van der Waals surface area contributed by atoms with Gasteiger partial charge in [0.2, 0.25) is 11.6 Å². The van der Waals surface area contributed by atoms with Crippen molar-refractivity contribution in [3.05, 3.63) is 24.3 Å². The van der Waals surface area contributed by atoms with Gasteiger partial charge in [-0.15, -0.1) is 0 Å². The Labute approximate surface area is 358 Å². The molecule has 0 aromatic heterocycles. The third-order valence-corrected chi connectivity index (χ3v) is 9.24. The molecular formula is C32H46MgO28. The van der Waals surface area contributed by atoms with E-state index in [-0.39, 0.29) is 23.1 Å². The smallest absolute Gasteiger partial charge is 0.545 e. The molecular weight excluding hydrogens is 857 g/mol. The van der Waals surface area contributed by atoms with Crippen LogP contribution in [0.5, 0.6) is 0 Å². The van der Waals surface area contributed by atoms with Crippen molar-refractivity contribution in [2.45, 2.75) is 110 Å². The van der Waals surface area contributed by atoms with Gasteiger partial charge in [0.1, 0.15) is 98.7 Å². The molecule has 0 aromatic carbocycles. The number of ether oxygens (including phenoxy) is 8. The van der Waals surface area contributed by atoms with Gasteiger partial charge in [0, 0.05) is 12.2 Å². The summed E-state index contributed by atoms with van der Waals surface area (Å²) in [5.74, 6) is -10.7. The number of esters is 2. The summed E-state index contributed by atoms with van der Waals surface area (Å²) in [6, 6.07) is 0. The van der Waals surface area contributed by atoms with Gasteiger partial charge in [-0.3, -0.25) is 0 Å². The number of rotatable bonds is 16. The molecule has 4 aliphatic rings. The van der Waals surface area contributed by atoms with Crippen molar-refractivity contribution in [1.29, 1.82) is 0 Å². The molecule has 0 radical (unpaired) electrons. The molecule has 4 fully saturated rings. The zero-order valence-electron chi connectivity index (χ0n) is 31.5. The fraction of sp³-hybridized carbons (Fsp3) is 0.750. The van der Waals surface area contributed by atoms with E-state index >= 15 is 0 Å². The number of aliphatic hydroxyl groups is 14. The van der Waals surface area contributed by atoms with E-state index in [1.165, 1.54) is 0 Å². The molecule has 29 heteroatoms. The van der Waals surface area contributed by atoms with Crippen LogP contribution in [0.4, 0.5) is 0 Å². The monoisotopic (exact) mass is 902 g/mol. The summed E-state index contributed by atoms with van der Waals surface area (Å²) >= 11 is 0. The molecule has 4 heterocycles. The Kier molecular flexibility index (Phi) is 21.3. The van der Waals surface area contributed by atoms with E-state index in [9.17, 15) is 101 Å². The fourth-order valence-electron chi connectivity index (χ4n) is 5.95. The van der Waals surface area contributed by atoms with E-state index in [4.69, 9.17) is 37.9 Å². The van der Waals surface area contributed by atoms with Crippen molar-refractivity contribution in [1.82, 2.24) is 0 Å². The van der Waals surface area contributed by atoms with Gasteiger partial charge in [0.15, 0.2) is 12.6 Å². The minimum atomic E-state index is -2.44. The van der Waals surface area contributed by atoms with Crippen molar-refractivity contribution in [2.24, 2.45) is 0 Å². The second-order valence-corrected chi connectivity index (χ2v) is 13.3. The maximum absolute atomic E-state index is 11.6. The van der Waals surface area contributed by atoms with Crippen LogP contribution in [-0.2, 0) is 57.1 Å². The molecule has 4 saturated heterocycles. The van der Waals surface area contributed by atoms with Gasteiger partial charge in [0.25, 0.3) is 0 Å². The molecule has 0 aromatic rings. The van der Waals surface area contributed by atoms with E-state index < -0.39 is 173 Å². The Hall–Kier alpha value is -2.67. The topological polar surface area (TPSA) is 471 Å². The van der Waals surface area contributed by atoms with Crippen molar-refractivity contribution >= 4 is 46.9 Å². The largest absolute Gasteiger partial charge is 2.00 e. The van der Waals surface area contributed by atoms with Gasteiger partial charge in [-0.25, -0.2) is 9.59 Å². The van der Waals surface area contributed by atoms with E-state index in [0.29, 0.717) is 24.3 Å². The molecule has 0 spiro atoms. The third kappa shape index (κ3) is 13.2. The minimum absolute atomic E-state index is 0. The molecule has 4 rings (SSSR count). The van der Waals surface area contributed by atoms with Crippen LogP contribution in [0, 0.1) is 0 Å². The first-order chi connectivity index (χ1) is 28.1. The quantitative estimate of drug-likeness (QED) is 0.0388. The van der Waals surface area contributed by atoms with E-state index in [2.05, 4.69) is 0 Å². The summed E-state index contributed by atoms with van der Waals surface area (Å²) in [5, 5.41) is 158. The van der Waals surface area contributed by atoms with Crippen molar-refractivity contribution in [2.75, 3.05) is 39.6 Å². The number of hydrogen-bond acceptors (Lipinski definition) is 28. The van der Waals surface area contributed by atoms with Crippen LogP contribution in [0.1, 0.15) is 0 Å². The summed E-state index contributed by atoms with van der Waals surface area (Å²) < 4.78 is 41.1. The van der Waals surface area contributed by atoms with Gasteiger partial charge in [0.05, 0.1) is 38.4 Å². The van der Waals surface area contributed by atoms with Crippen molar-refractivity contribution in [3.63, 3.8) is 0 Å². The van der Waals surface area contributed by atoms with Gasteiger partial charge >= 0.3 is 35.0 Å². The molecule has 14 N–H and O–H groups in total. The molecule has 4 aliphatic heterocycles. The molecule has 0 saturated carbocycles. The average Bonchev–Trinajstić information content (AvgIpc) is 3.61. The zero-order valence-corrected chi connectivity index (χ0v) is 32.9. The molecule has 0 aliphatic carbocycles. The SMILES string of the molecule is O=C([O-])/C=C\C(=O)OC[C@@]1(O[C@H]2O[C@H](CO)[C@@H](O)[C@H](O)[C@H]2O)O[C@H](CO)[C@@H](O)[C@@H]1O.O=C([O-])/C=C\C(=O)OC[C@@]1(O[C@H]2O[C@H](CO)[C@@H](O)[C@H](O)[C@H]2O)O[C@H](CO)[C@@H](O)[C@@H]1O.[Mg+2]. The molecule has 0 amide bonds. The number of aliphatic hydroxyl groups excluding tert-OH is 14. The van der Waals surface area contributed by atoms with E-state index in [1.54, 1.807) is 0 Å². The molecule has 18 atom stereocenters. The Balaban J connectivity index is 0.000000413. The van der Waals surface area contributed by atoms with E-state index in [1.807, 2.05) is 0 Å². The first kappa shape index (κ1) is 54.5. The van der Waals surface area contributed by atoms with Crippen molar-refractivity contribution < 1.29 is 139 Å². The molecule has 0 unspecified atom stereocenters. The van der Waals surface area contributed by atoms with Crippen molar-refractivity contribution in [3.8, 4) is 0 Å². The average molecular weight is 903 g/mol. The minimum Gasteiger partial charge on any atom is -0.545 e. The first-order valence-electron chi connectivity index (χ1n) is 17.5. The number of carboxylic acid groups (broad SMARTS) is 2. The normalized spacial score (nSPS) is 41.1. The summed E-state index contributed by atoms with van der Waals surface area (Å²) in [6.45, 7) is -5.12. The van der Waals surface area contributed by atoms with E-state index in [0.717, 1.165) is 0 Å². The van der Waals surface area contributed by atoms with Gasteiger partial charge in [-0.1, -0.05) is 0 Å². The fourth-order valence-corrected chi connectivity index (χ4v) is 5.95. The van der Waals surface area contributed by atoms with Crippen LogP contribution < -0.4 is 10.2 Å². The van der Waals surface area contributed by atoms with Crippen LogP contribution in [-0.4, -0.2) is 268 Å². The number of hydrogen-bond donors (Lipinski definition) is 14. The van der Waals surface area contributed by atoms with Crippen LogP contribution in [0.25, 0.3) is 0 Å². The zero-order chi connectivity index (χ0) is 45.3. The first-order valence-corrected chi connectivity index (χ1v) is 17.5. The Morgan fingerprint density at radius 2 is 0.787 bits per heavy atom. The molecule has 0 bridgehead atoms. The molecule has 344 valence electrons. The van der Waals surface area contributed by atoms with Crippen LogP contribution in [0.3, 0.4) is 0 Å².